The lowest BCUT2D eigenvalue weighted by molar-refractivity contribution is -0.128. The Morgan fingerprint density at radius 1 is 1.06 bits per heavy atom. The van der Waals surface area contributed by atoms with Crippen LogP contribution in [-0.4, -0.2) is 50.8 Å². The summed E-state index contributed by atoms with van der Waals surface area (Å²) in [7, 11) is 3.18. The lowest BCUT2D eigenvalue weighted by atomic mass is 9.87. The van der Waals surface area contributed by atoms with Gasteiger partial charge in [0, 0.05) is 44.1 Å². The number of benzene rings is 2. The van der Waals surface area contributed by atoms with E-state index in [9.17, 15) is 9.59 Å². The molecule has 0 bridgehead atoms. The van der Waals surface area contributed by atoms with Crippen molar-refractivity contribution in [2.75, 3.05) is 34.1 Å². The fraction of sp³-hybridized carbons (Fsp3) is 0.391. The van der Waals surface area contributed by atoms with Crippen LogP contribution in [0, 0.1) is 5.92 Å². The van der Waals surface area contributed by atoms with Crippen LogP contribution < -0.4 is 24.3 Å². The highest BCUT2D eigenvalue weighted by Gasteiger charge is 2.40. The fourth-order valence-corrected chi connectivity index (χ4v) is 4.14. The Morgan fingerprint density at radius 2 is 1.87 bits per heavy atom. The second-order valence-electron chi connectivity index (χ2n) is 7.65. The van der Waals surface area contributed by atoms with Gasteiger partial charge in [-0.25, -0.2) is 0 Å². The highest BCUT2D eigenvalue weighted by molar-refractivity contribution is 5.83. The lowest BCUT2D eigenvalue weighted by Crippen LogP contribution is -2.35. The Kier molecular flexibility index (Phi) is 5.88. The quantitative estimate of drug-likeness (QED) is 0.763. The molecule has 0 spiro atoms. The molecule has 2 atom stereocenters. The normalized spacial score (nSPS) is 19.3. The summed E-state index contributed by atoms with van der Waals surface area (Å²) >= 11 is 0. The van der Waals surface area contributed by atoms with E-state index in [0.29, 0.717) is 42.6 Å². The molecule has 2 heterocycles. The molecule has 8 nitrogen and oxygen atoms in total. The Bertz CT molecular complexity index is 992. The third-order valence-electron chi connectivity index (χ3n) is 5.85. The van der Waals surface area contributed by atoms with Gasteiger partial charge < -0.3 is 29.2 Å². The van der Waals surface area contributed by atoms with Crippen LogP contribution in [0.4, 0.5) is 0 Å². The van der Waals surface area contributed by atoms with Crippen LogP contribution in [0.2, 0.25) is 0 Å². The van der Waals surface area contributed by atoms with E-state index in [-0.39, 0.29) is 30.4 Å². The molecule has 0 saturated carbocycles. The molecule has 0 radical (unpaired) electrons. The largest absolute Gasteiger partial charge is 0.497 e. The summed E-state index contributed by atoms with van der Waals surface area (Å²) in [6.07, 6.45) is 0. The van der Waals surface area contributed by atoms with Gasteiger partial charge in [0.05, 0.1) is 20.1 Å². The van der Waals surface area contributed by atoms with Gasteiger partial charge in [-0.2, -0.15) is 0 Å². The van der Waals surface area contributed by atoms with E-state index in [1.54, 1.807) is 25.2 Å². The van der Waals surface area contributed by atoms with Crippen molar-refractivity contribution >= 4 is 11.8 Å². The average molecular weight is 426 g/mol. The average Bonchev–Trinajstić information content (AvgIpc) is 3.44. The van der Waals surface area contributed by atoms with Crippen molar-refractivity contribution in [3.8, 4) is 23.0 Å². The van der Waals surface area contributed by atoms with E-state index in [1.807, 2.05) is 30.3 Å². The maximum Gasteiger partial charge on any atom is 0.231 e. The highest BCUT2D eigenvalue weighted by atomic mass is 16.7. The molecule has 2 aliphatic rings. The second kappa shape index (κ2) is 8.75. The number of methoxy groups -OCH3 is 2. The van der Waals surface area contributed by atoms with E-state index in [2.05, 4.69) is 5.32 Å². The van der Waals surface area contributed by atoms with Crippen LogP contribution in [0.5, 0.6) is 23.0 Å². The van der Waals surface area contributed by atoms with Gasteiger partial charge in [-0.15, -0.1) is 0 Å². The van der Waals surface area contributed by atoms with Gasteiger partial charge in [0.25, 0.3) is 0 Å². The number of ether oxygens (including phenoxy) is 4. The van der Waals surface area contributed by atoms with E-state index in [1.165, 1.54) is 6.92 Å². The summed E-state index contributed by atoms with van der Waals surface area (Å²) in [6.45, 7) is 2.91. The van der Waals surface area contributed by atoms with Crippen molar-refractivity contribution < 1.29 is 28.5 Å². The van der Waals surface area contributed by atoms with E-state index >= 15 is 0 Å². The maximum atomic E-state index is 13.2. The number of likely N-dealkylation sites (tertiary alicyclic amines) is 1. The smallest absolute Gasteiger partial charge is 0.231 e. The van der Waals surface area contributed by atoms with Gasteiger partial charge in [0.1, 0.15) is 11.5 Å². The SMILES string of the molecule is COc1ccc(C2CN(C(C)=O)CC2C(=O)NCc2ccc3c(c2)OCO3)c(OC)c1. The van der Waals surface area contributed by atoms with Gasteiger partial charge in [0.2, 0.25) is 18.6 Å². The third kappa shape index (κ3) is 4.23. The van der Waals surface area contributed by atoms with Gasteiger partial charge in [-0.3, -0.25) is 9.59 Å². The first-order chi connectivity index (χ1) is 15.0. The third-order valence-corrected chi connectivity index (χ3v) is 5.85. The zero-order valence-corrected chi connectivity index (χ0v) is 17.8. The van der Waals surface area contributed by atoms with E-state index in [4.69, 9.17) is 18.9 Å². The summed E-state index contributed by atoms with van der Waals surface area (Å²) in [5.74, 6) is 1.97. The zero-order chi connectivity index (χ0) is 22.0. The molecule has 1 N–H and O–H groups in total. The predicted molar refractivity (Wildman–Crippen MR) is 112 cm³/mol. The Hall–Kier alpha value is -3.42. The number of rotatable bonds is 6. The molecular weight excluding hydrogens is 400 g/mol. The van der Waals surface area contributed by atoms with Crippen molar-refractivity contribution in [1.82, 2.24) is 10.2 Å². The van der Waals surface area contributed by atoms with Crippen LogP contribution in [0.1, 0.15) is 24.0 Å². The molecule has 2 aliphatic heterocycles. The number of amides is 2. The Morgan fingerprint density at radius 3 is 2.61 bits per heavy atom. The Labute approximate surface area is 181 Å². The predicted octanol–water partition coefficient (Wildman–Crippen LogP) is 2.31. The van der Waals surface area contributed by atoms with Gasteiger partial charge in [-0.05, 0) is 23.8 Å². The van der Waals surface area contributed by atoms with Crippen LogP contribution in [0.15, 0.2) is 36.4 Å². The van der Waals surface area contributed by atoms with Crippen LogP contribution in [0.3, 0.4) is 0 Å². The monoisotopic (exact) mass is 426 g/mol. The lowest BCUT2D eigenvalue weighted by Gasteiger charge is -2.21. The van der Waals surface area contributed by atoms with Crippen molar-refractivity contribution in [3.05, 3.63) is 47.5 Å². The first kappa shape index (κ1) is 20.8. The molecule has 4 rings (SSSR count). The van der Waals surface area contributed by atoms with Crippen LogP contribution >= 0.6 is 0 Å². The van der Waals surface area contributed by atoms with Crippen molar-refractivity contribution in [3.63, 3.8) is 0 Å². The molecule has 31 heavy (non-hydrogen) atoms. The number of hydrogen-bond acceptors (Lipinski definition) is 6. The number of carbonyl (C=O) groups excluding carboxylic acids is 2. The fourth-order valence-electron chi connectivity index (χ4n) is 4.14. The number of nitrogens with one attached hydrogen (secondary N) is 1. The second-order valence-corrected chi connectivity index (χ2v) is 7.65. The molecular formula is C23H26N2O6. The molecule has 8 heteroatoms. The van der Waals surface area contributed by atoms with Gasteiger partial charge in [-0.1, -0.05) is 12.1 Å². The number of hydrogen-bond donors (Lipinski definition) is 1. The maximum absolute atomic E-state index is 13.2. The van der Waals surface area contributed by atoms with Gasteiger partial charge in [0.15, 0.2) is 11.5 Å². The Balaban J connectivity index is 1.53. The number of fused-ring (bicyclic) bond motifs is 1. The van der Waals surface area contributed by atoms with Crippen molar-refractivity contribution in [2.45, 2.75) is 19.4 Å². The van der Waals surface area contributed by atoms with Crippen LogP contribution in [0.25, 0.3) is 0 Å². The summed E-state index contributed by atoms with van der Waals surface area (Å²) < 4.78 is 21.6. The molecule has 1 fully saturated rings. The molecule has 2 amide bonds. The minimum Gasteiger partial charge on any atom is -0.497 e. The molecule has 164 valence electrons. The summed E-state index contributed by atoms with van der Waals surface area (Å²) in [5, 5.41) is 3.01. The zero-order valence-electron chi connectivity index (χ0n) is 17.8. The molecule has 2 aromatic rings. The molecule has 2 unspecified atom stereocenters. The summed E-state index contributed by atoms with van der Waals surface area (Å²) in [4.78, 5) is 26.9. The molecule has 1 saturated heterocycles. The number of carbonyl (C=O) groups is 2. The first-order valence-electron chi connectivity index (χ1n) is 10.1. The van der Waals surface area contributed by atoms with Crippen molar-refractivity contribution in [2.24, 2.45) is 5.92 Å². The standard InChI is InChI=1S/C23H26N2O6/c1-14(26)25-11-18(17-6-5-16(28-2)9-21(17)29-3)19(12-25)23(27)24-10-15-4-7-20-22(8-15)31-13-30-20/h4-9,18-19H,10-13H2,1-3H3,(H,24,27). The minimum absolute atomic E-state index is 0.0523. The first-order valence-corrected chi connectivity index (χ1v) is 10.1. The van der Waals surface area contributed by atoms with E-state index < -0.39 is 0 Å². The molecule has 2 aromatic carbocycles. The minimum atomic E-state index is -0.389. The molecule has 0 aliphatic carbocycles. The van der Waals surface area contributed by atoms with E-state index in [0.717, 1.165) is 11.1 Å². The summed E-state index contributed by atoms with van der Waals surface area (Å²) in [6, 6.07) is 11.1. The topological polar surface area (TPSA) is 86.3 Å². The molecule has 0 aromatic heterocycles. The van der Waals surface area contributed by atoms with Crippen molar-refractivity contribution in [1.29, 1.82) is 0 Å². The van der Waals surface area contributed by atoms with Gasteiger partial charge >= 0.3 is 0 Å². The van der Waals surface area contributed by atoms with Crippen LogP contribution in [-0.2, 0) is 16.1 Å². The highest BCUT2D eigenvalue weighted by Crippen LogP contribution is 2.39. The number of nitrogens with zero attached hydrogens (tertiary/aromatic N) is 1. The summed E-state index contributed by atoms with van der Waals surface area (Å²) in [5.41, 5.74) is 1.80.